The Hall–Kier alpha value is -2.96. The Kier molecular flexibility index (Phi) is 3.23. The number of benzene rings is 1. The molecule has 0 bridgehead atoms. The maximum atomic E-state index is 12.1. The molecule has 21 heavy (non-hydrogen) atoms. The highest BCUT2D eigenvalue weighted by Crippen LogP contribution is 2.12. The maximum Gasteiger partial charge on any atom is 0.350 e. The summed E-state index contributed by atoms with van der Waals surface area (Å²) >= 11 is 0. The van der Waals surface area contributed by atoms with E-state index >= 15 is 0 Å². The summed E-state index contributed by atoms with van der Waals surface area (Å²) in [5.74, 6) is 0. The lowest BCUT2D eigenvalue weighted by Crippen LogP contribution is -2.21. The Balaban J connectivity index is 1.78. The van der Waals surface area contributed by atoms with Gasteiger partial charge in [0.2, 0.25) is 0 Å². The Bertz CT molecular complexity index is 849. The zero-order valence-corrected chi connectivity index (χ0v) is 11.0. The molecule has 0 aliphatic carbocycles. The Morgan fingerprint density at radius 1 is 1.14 bits per heavy atom. The Morgan fingerprint density at radius 3 is 2.57 bits per heavy atom. The monoisotopic (exact) mass is 284 g/mol. The topological polar surface area (TPSA) is 82.4 Å². The van der Waals surface area contributed by atoms with Crippen LogP contribution in [0.4, 0.5) is 5.69 Å². The first-order chi connectivity index (χ1) is 10.1. The lowest BCUT2D eigenvalue weighted by atomic mass is 10.1. The van der Waals surface area contributed by atoms with E-state index in [0.717, 1.165) is 5.56 Å². The van der Waals surface area contributed by atoms with Crippen LogP contribution in [0.3, 0.4) is 0 Å². The highest BCUT2D eigenvalue weighted by molar-refractivity contribution is 5.35. The number of hydrogen-bond donors (Lipinski definition) is 0. The van der Waals surface area contributed by atoms with Crippen molar-refractivity contribution in [3.8, 4) is 0 Å². The summed E-state index contributed by atoms with van der Waals surface area (Å²) in [5.41, 5.74) is 1.40. The van der Waals surface area contributed by atoms with Crippen LogP contribution in [0.15, 0.2) is 53.5 Å². The Labute approximate surface area is 119 Å². The van der Waals surface area contributed by atoms with Crippen molar-refractivity contribution in [2.45, 2.75) is 13.0 Å². The maximum absolute atomic E-state index is 12.1. The summed E-state index contributed by atoms with van der Waals surface area (Å²) in [4.78, 5) is 22.2. The van der Waals surface area contributed by atoms with Crippen molar-refractivity contribution < 1.29 is 4.92 Å². The zero-order chi connectivity index (χ0) is 14.8. The minimum absolute atomic E-state index is 0.0589. The highest BCUT2D eigenvalue weighted by Gasteiger charge is 2.07. The summed E-state index contributed by atoms with van der Waals surface area (Å²) in [6.07, 6.45) is 2.26. The molecule has 0 aliphatic heterocycles. The summed E-state index contributed by atoms with van der Waals surface area (Å²) in [5, 5.41) is 14.8. The predicted molar refractivity (Wildman–Crippen MR) is 76.3 cm³/mol. The molecular formula is C14H12N4O3. The SMILES string of the molecule is O=c1n(CCc2ccc([N+](=O)[O-])cc2)nc2ccccn12. The summed E-state index contributed by atoms with van der Waals surface area (Å²) in [7, 11) is 0. The number of hydrogen-bond acceptors (Lipinski definition) is 4. The van der Waals surface area contributed by atoms with Crippen LogP contribution in [-0.4, -0.2) is 19.1 Å². The van der Waals surface area contributed by atoms with E-state index in [1.807, 2.05) is 6.07 Å². The quantitative estimate of drug-likeness (QED) is 0.538. The van der Waals surface area contributed by atoms with Crippen LogP contribution >= 0.6 is 0 Å². The number of aromatic nitrogens is 3. The van der Waals surface area contributed by atoms with Crippen LogP contribution in [0.25, 0.3) is 5.65 Å². The molecule has 0 N–H and O–H groups in total. The van der Waals surface area contributed by atoms with Crippen LogP contribution in [0.2, 0.25) is 0 Å². The minimum Gasteiger partial charge on any atom is -0.258 e. The average molecular weight is 284 g/mol. The van der Waals surface area contributed by atoms with Gasteiger partial charge in [-0.3, -0.25) is 14.5 Å². The molecule has 0 radical (unpaired) electrons. The first-order valence-corrected chi connectivity index (χ1v) is 6.43. The average Bonchev–Trinajstić information content (AvgIpc) is 2.82. The fourth-order valence-corrected chi connectivity index (χ4v) is 2.13. The van der Waals surface area contributed by atoms with Gasteiger partial charge in [-0.1, -0.05) is 18.2 Å². The number of aryl methyl sites for hydroxylation is 2. The minimum atomic E-state index is -0.434. The van der Waals surface area contributed by atoms with Crippen molar-refractivity contribution in [1.82, 2.24) is 14.2 Å². The smallest absolute Gasteiger partial charge is 0.258 e. The number of pyridine rings is 1. The van der Waals surface area contributed by atoms with Gasteiger partial charge in [0.25, 0.3) is 5.69 Å². The van der Waals surface area contributed by atoms with E-state index in [4.69, 9.17) is 0 Å². The molecule has 2 aromatic heterocycles. The molecule has 0 aliphatic rings. The molecule has 2 heterocycles. The predicted octanol–water partition coefficient (Wildman–Crippen LogP) is 1.65. The number of nitro benzene ring substituents is 1. The zero-order valence-electron chi connectivity index (χ0n) is 11.0. The second kappa shape index (κ2) is 5.20. The molecule has 7 heteroatoms. The third-order valence-corrected chi connectivity index (χ3v) is 3.25. The van der Waals surface area contributed by atoms with Gasteiger partial charge in [-0.05, 0) is 24.1 Å². The van der Waals surface area contributed by atoms with Crippen molar-refractivity contribution in [1.29, 1.82) is 0 Å². The van der Waals surface area contributed by atoms with Gasteiger partial charge in [0.05, 0.1) is 11.5 Å². The van der Waals surface area contributed by atoms with E-state index in [1.54, 1.807) is 30.5 Å². The molecule has 0 fully saturated rings. The van der Waals surface area contributed by atoms with Crippen LogP contribution in [-0.2, 0) is 13.0 Å². The second-order valence-electron chi connectivity index (χ2n) is 4.61. The molecule has 1 aromatic carbocycles. The molecule has 0 spiro atoms. The normalized spacial score (nSPS) is 10.9. The number of nitro groups is 1. The first-order valence-electron chi connectivity index (χ1n) is 6.43. The summed E-state index contributed by atoms with van der Waals surface area (Å²) in [6.45, 7) is 0.429. The van der Waals surface area contributed by atoms with E-state index in [-0.39, 0.29) is 11.4 Å². The van der Waals surface area contributed by atoms with E-state index in [9.17, 15) is 14.9 Å². The molecule has 0 unspecified atom stereocenters. The van der Waals surface area contributed by atoms with Crippen molar-refractivity contribution in [3.05, 3.63) is 74.8 Å². The molecule has 7 nitrogen and oxygen atoms in total. The molecule has 0 atom stereocenters. The van der Waals surface area contributed by atoms with E-state index in [1.165, 1.54) is 21.2 Å². The van der Waals surface area contributed by atoms with E-state index in [2.05, 4.69) is 5.10 Å². The number of fused-ring (bicyclic) bond motifs is 1. The number of rotatable bonds is 4. The van der Waals surface area contributed by atoms with Crippen molar-refractivity contribution in [2.24, 2.45) is 0 Å². The first kappa shape index (κ1) is 13.0. The fraction of sp³-hybridized carbons (Fsp3) is 0.143. The number of nitrogens with zero attached hydrogens (tertiary/aromatic N) is 4. The van der Waals surface area contributed by atoms with Gasteiger partial charge >= 0.3 is 5.69 Å². The van der Waals surface area contributed by atoms with Crippen LogP contribution < -0.4 is 5.69 Å². The van der Waals surface area contributed by atoms with Gasteiger partial charge in [0.1, 0.15) is 0 Å². The lowest BCUT2D eigenvalue weighted by molar-refractivity contribution is -0.384. The molecule has 0 saturated heterocycles. The summed E-state index contributed by atoms with van der Waals surface area (Å²) in [6, 6.07) is 11.7. The summed E-state index contributed by atoms with van der Waals surface area (Å²) < 4.78 is 2.88. The van der Waals surface area contributed by atoms with Crippen molar-refractivity contribution in [2.75, 3.05) is 0 Å². The molecule has 0 saturated carbocycles. The van der Waals surface area contributed by atoms with Gasteiger partial charge < -0.3 is 0 Å². The van der Waals surface area contributed by atoms with Crippen LogP contribution in [0.1, 0.15) is 5.56 Å². The fourth-order valence-electron chi connectivity index (χ4n) is 2.13. The molecular weight excluding hydrogens is 272 g/mol. The Morgan fingerprint density at radius 2 is 1.90 bits per heavy atom. The molecule has 3 aromatic rings. The van der Waals surface area contributed by atoms with Gasteiger partial charge in [0.15, 0.2) is 5.65 Å². The number of non-ortho nitro benzene ring substituents is 1. The van der Waals surface area contributed by atoms with Gasteiger partial charge in [-0.15, -0.1) is 5.10 Å². The van der Waals surface area contributed by atoms with Crippen molar-refractivity contribution >= 4 is 11.3 Å². The van der Waals surface area contributed by atoms with Crippen molar-refractivity contribution in [3.63, 3.8) is 0 Å². The molecule has 0 amide bonds. The largest absolute Gasteiger partial charge is 0.350 e. The third-order valence-electron chi connectivity index (χ3n) is 3.25. The van der Waals surface area contributed by atoms with E-state index < -0.39 is 4.92 Å². The third kappa shape index (κ3) is 2.53. The van der Waals surface area contributed by atoms with E-state index in [0.29, 0.717) is 18.6 Å². The van der Waals surface area contributed by atoms with Gasteiger partial charge in [0, 0.05) is 18.3 Å². The lowest BCUT2D eigenvalue weighted by Gasteiger charge is -2.00. The standard InChI is InChI=1S/C14H12N4O3/c19-14-16-9-2-1-3-13(16)15-17(14)10-8-11-4-6-12(7-5-11)18(20)21/h1-7,9H,8,10H2. The molecule has 106 valence electrons. The molecule has 3 rings (SSSR count). The van der Waals surface area contributed by atoms with Gasteiger partial charge in [-0.2, -0.15) is 0 Å². The van der Waals surface area contributed by atoms with Crippen LogP contribution in [0.5, 0.6) is 0 Å². The highest BCUT2D eigenvalue weighted by atomic mass is 16.6. The van der Waals surface area contributed by atoms with Crippen LogP contribution in [0, 0.1) is 10.1 Å². The second-order valence-corrected chi connectivity index (χ2v) is 4.61. The van der Waals surface area contributed by atoms with Gasteiger partial charge in [-0.25, -0.2) is 9.48 Å².